The van der Waals surface area contributed by atoms with E-state index in [1.54, 1.807) is 0 Å². The second kappa shape index (κ2) is 5.16. The third kappa shape index (κ3) is 2.27. The molecule has 0 saturated carbocycles. The number of benzene rings is 1. The van der Waals surface area contributed by atoms with E-state index in [-0.39, 0.29) is 0 Å². The van der Waals surface area contributed by atoms with Crippen LogP contribution < -0.4 is 0 Å². The number of aromatic hydroxyl groups is 1. The van der Waals surface area contributed by atoms with Crippen LogP contribution in [0.1, 0.15) is 50.2 Å². The highest BCUT2D eigenvalue weighted by Crippen LogP contribution is 2.44. The van der Waals surface area contributed by atoms with Crippen LogP contribution in [0.5, 0.6) is 5.75 Å². The van der Waals surface area contributed by atoms with Gasteiger partial charge in [0, 0.05) is 18.5 Å². The molecule has 3 rings (SSSR count). The summed E-state index contributed by atoms with van der Waals surface area (Å²) < 4.78 is 0. The number of piperidine rings is 1. The van der Waals surface area contributed by atoms with E-state index in [4.69, 9.17) is 0 Å². The van der Waals surface area contributed by atoms with Crippen LogP contribution in [0.15, 0.2) is 18.2 Å². The molecule has 1 N–H and O–H groups in total. The average molecular weight is 259 g/mol. The zero-order valence-electron chi connectivity index (χ0n) is 12.1. The number of phenols is 1. The van der Waals surface area contributed by atoms with Gasteiger partial charge in [-0.3, -0.25) is 4.90 Å². The highest BCUT2D eigenvalue weighted by molar-refractivity contribution is 5.44. The van der Waals surface area contributed by atoms with E-state index in [0.29, 0.717) is 17.7 Å². The summed E-state index contributed by atoms with van der Waals surface area (Å²) in [5.41, 5.74) is 2.64. The minimum atomic E-state index is 0.510. The Morgan fingerprint density at radius 3 is 3.00 bits per heavy atom. The number of likely N-dealkylation sites (tertiary alicyclic amines) is 1. The van der Waals surface area contributed by atoms with Gasteiger partial charge in [-0.25, -0.2) is 0 Å². The summed E-state index contributed by atoms with van der Waals surface area (Å²) in [4.78, 5) is 2.70. The predicted octanol–water partition coefficient (Wildman–Crippen LogP) is 3.54. The SMILES string of the molecule is CCCN1C[C@H](C)C[C@@H]2c3cccc(O)c3CC[C@H]21. The van der Waals surface area contributed by atoms with Crippen LogP contribution in [0, 0.1) is 5.92 Å². The van der Waals surface area contributed by atoms with Crippen molar-refractivity contribution in [1.29, 1.82) is 0 Å². The van der Waals surface area contributed by atoms with Crippen molar-refractivity contribution in [1.82, 2.24) is 4.90 Å². The molecule has 0 spiro atoms. The smallest absolute Gasteiger partial charge is 0.119 e. The second-order valence-electron chi connectivity index (χ2n) is 6.39. The van der Waals surface area contributed by atoms with E-state index in [9.17, 15) is 5.11 Å². The first-order valence-electron chi connectivity index (χ1n) is 7.75. The quantitative estimate of drug-likeness (QED) is 0.878. The lowest BCUT2D eigenvalue weighted by atomic mass is 9.72. The fourth-order valence-corrected chi connectivity index (χ4v) is 4.22. The first-order valence-corrected chi connectivity index (χ1v) is 7.75. The molecule has 0 radical (unpaired) electrons. The highest BCUT2D eigenvalue weighted by atomic mass is 16.3. The van der Waals surface area contributed by atoms with E-state index >= 15 is 0 Å². The second-order valence-corrected chi connectivity index (χ2v) is 6.39. The summed E-state index contributed by atoms with van der Waals surface area (Å²) in [6, 6.07) is 6.80. The van der Waals surface area contributed by atoms with Crippen LogP contribution >= 0.6 is 0 Å². The maximum Gasteiger partial charge on any atom is 0.119 e. The molecule has 0 bridgehead atoms. The molecule has 1 aromatic carbocycles. The molecule has 0 aromatic heterocycles. The van der Waals surface area contributed by atoms with E-state index in [2.05, 4.69) is 24.8 Å². The van der Waals surface area contributed by atoms with Crippen molar-refractivity contribution < 1.29 is 5.11 Å². The standard InChI is InChI=1S/C17H25NO/c1-3-9-18-11-12(2)10-15-13-5-4-6-17(19)14(13)7-8-16(15)18/h4-6,12,15-16,19H,3,7-11H2,1-2H3/t12-,15-,16-/m1/s1. The number of rotatable bonds is 2. The minimum absolute atomic E-state index is 0.510. The molecule has 1 fully saturated rings. The van der Waals surface area contributed by atoms with Crippen LogP contribution in [-0.2, 0) is 6.42 Å². The molecule has 2 nitrogen and oxygen atoms in total. The van der Waals surface area contributed by atoms with Crippen molar-refractivity contribution in [2.75, 3.05) is 13.1 Å². The third-order valence-corrected chi connectivity index (χ3v) is 4.92. The lowest BCUT2D eigenvalue weighted by Crippen LogP contribution is -2.49. The maximum atomic E-state index is 10.1. The molecule has 0 unspecified atom stereocenters. The molecule has 0 amide bonds. The Labute approximate surface area is 116 Å². The third-order valence-electron chi connectivity index (χ3n) is 4.92. The summed E-state index contributed by atoms with van der Waals surface area (Å²) in [6.45, 7) is 7.12. The summed E-state index contributed by atoms with van der Waals surface area (Å²) in [5, 5.41) is 10.1. The summed E-state index contributed by atoms with van der Waals surface area (Å²) in [6.07, 6.45) is 4.77. The first-order chi connectivity index (χ1) is 9.20. The zero-order valence-corrected chi connectivity index (χ0v) is 12.1. The topological polar surface area (TPSA) is 23.5 Å². The van der Waals surface area contributed by atoms with Crippen LogP contribution in [0.3, 0.4) is 0 Å². The lowest BCUT2D eigenvalue weighted by Gasteiger charge is -2.47. The molecule has 104 valence electrons. The van der Waals surface area contributed by atoms with Gasteiger partial charge in [0.1, 0.15) is 5.75 Å². The number of hydrogen-bond donors (Lipinski definition) is 1. The van der Waals surface area contributed by atoms with E-state index in [1.807, 2.05) is 12.1 Å². The highest BCUT2D eigenvalue weighted by Gasteiger charge is 2.38. The Morgan fingerprint density at radius 1 is 1.37 bits per heavy atom. The molecular formula is C17H25NO. The van der Waals surface area contributed by atoms with Gasteiger partial charge >= 0.3 is 0 Å². The van der Waals surface area contributed by atoms with Gasteiger partial charge < -0.3 is 5.11 Å². The number of phenolic OH excluding ortho intramolecular Hbond substituents is 1. The van der Waals surface area contributed by atoms with Gasteiger partial charge in [0.15, 0.2) is 0 Å². The molecule has 2 aliphatic rings. The Bertz CT molecular complexity index is 457. The van der Waals surface area contributed by atoms with Crippen molar-refractivity contribution >= 4 is 0 Å². The Kier molecular flexibility index (Phi) is 3.53. The van der Waals surface area contributed by atoms with E-state index in [1.165, 1.54) is 43.5 Å². The number of nitrogens with zero attached hydrogens (tertiary/aromatic N) is 1. The van der Waals surface area contributed by atoms with Gasteiger partial charge in [0.05, 0.1) is 0 Å². The van der Waals surface area contributed by atoms with Crippen molar-refractivity contribution in [2.24, 2.45) is 5.92 Å². The van der Waals surface area contributed by atoms with E-state index in [0.717, 1.165) is 12.3 Å². The summed E-state index contributed by atoms with van der Waals surface area (Å²) >= 11 is 0. The first kappa shape index (κ1) is 13.0. The van der Waals surface area contributed by atoms with Gasteiger partial charge in [-0.05, 0) is 55.3 Å². The maximum absolute atomic E-state index is 10.1. The fraction of sp³-hybridized carbons (Fsp3) is 0.647. The van der Waals surface area contributed by atoms with Crippen LogP contribution in [0.2, 0.25) is 0 Å². The number of hydrogen-bond acceptors (Lipinski definition) is 2. The zero-order chi connectivity index (χ0) is 13.4. The Balaban J connectivity index is 1.94. The van der Waals surface area contributed by atoms with Crippen molar-refractivity contribution in [3.8, 4) is 5.75 Å². The fourth-order valence-electron chi connectivity index (χ4n) is 4.22. The Hall–Kier alpha value is -1.02. The van der Waals surface area contributed by atoms with E-state index < -0.39 is 0 Å². The van der Waals surface area contributed by atoms with Crippen molar-refractivity contribution in [3.63, 3.8) is 0 Å². The molecule has 1 aliphatic heterocycles. The van der Waals surface area contributed by atoms with Crippen molar-refractivity contribution in [2.45, 2.75) is 51.5 Å². The van der Waals surface area contributed by atoms with Crippen LogP contribution in [0.4, 0.5) is 0 Å². The summed E-state index contributed by atoms with van der Waals surface area (Å²) in [5.74, 6) is 1.91. The molecule has 19 heavy (non-hydrogen) atoms. The van der Waals surface area contributed by atoms with Gasteiger partial charge in [-0.2, -0.15) is 0 Å². The number of fused-ring (bicyclic) bond motifs is 3. The Morgan fingerprint density at radius 2 is 2.21 bits per heavy atom. The van der Waals surface area contributed by atoms with Crippen LogP contribution in [0.25, 0.3) is 0 Å². The van der Waals surface area contributed by atoms with Gasteiger partial charge in [-0.15, -0.1) is 0 Å². The van der Waals surface area contributed by atoms with Gasteiger partial charge in [-0.1, -0.05) is 26.0 Å². The molecule has 1 heterocycles. The minimum Gasteiger partial charge on any atom is -0.508 e. The van der Waals surface area contributed by atoms with Gasteiger partial charge in [0.25, 0.3) is 0 Å². The molecular weight excluding hydrogens is 234 g/mol. The molecule has 1 aliphatic carbocycles. The molecule has 1 aromatic rings. The summed E-state index contributed by atoms with van der Waals surface area (Å²) in [7, 11) is 0. The van der Waals surface area contributed by atoms with Gasteiger partial charge in [0.2, 0.25) is 0 Å². The predicted molar refractivity (Wildman–Crippen MR) is 78.6 cm³/mol. The van der Waals surface area contributed by atoms with Crippen LogP contribution in [-0.4, -0.2) is 29.1 Å². The average Bonchev–Trinajstić information content (AvgIpc) is 2.39. The lowest BCUT2D eigenvalue weighted by molar-refractivity contribution is 0.0810. The molecule has 3 atom stereocenters. The van der Waals surface area contributed by atoms with Crippen molar-refractivity contribution in [3.05, 3.63) is 29.3 Å². The normalized spacial score (nSPS) is 30.7. The monoisotopic (exact) mass is 259 g/mol. The molecule has 2 heteroatoms. The molecule has 1 saturated heterocycles. The largest absolute Gasteiger partial charge is 0.508 e.